The summed E-state index contributed by atoms with van der Waals surface area (Å²) in [5, 5.41) is 10.1. The van der Waals surface area contributed by atoms with E-state index in [1.165, 1.54) is 11.1 Å². The predicted octanol–water partition coefficient (Wildman–Crippen LogP) is 3.17. The number of aliphatic hydroxyl groups is 1. The number of aromatic nitrogens is 1. The van der Waals surface area contributed by atoms with Crippen LogP contribution in [0.3, 0.4) is 0 Å². The fourth-order valence-electron chi connectivity index (χ4n) is 3.23. The van der Waals surface area contributed by atoms with Gasteiger partial charge in [-0.15, -0.1) is 0 Å². The van der Waals surface area contributed by atoms with Crippen molar-refractivity contribution in [3.63, 3.8) is 0 Å². The van der Waals surface area contributed by atoms with Gasteiger partial charge in [-0.1, -0.05) is 25.1 Å². The number of nitrogens with zero attached hydrogens (tertiary/aromatic N) is 2. The number of rotatable bonds is 6. The number of benzene rings is 1. The van der Waals surface area contributed by atoms with Gasteiger partial charge in [0.15, 0.2) is 0 Å². The molecule has 0 aliphatic carbocycles. The molecule has 2 aromatic rings. The lowest BCUT2D eigenvalue weighted by molar-refractivity contribution is 0.0294. The van der Waals surface area contributed by atoms with E-state index in [2.05, 4.69) is 42.2 Å². The smallest absolute Gasteiger partial charge is 0.0726 e. The van der Waals surface area contributed by atoms with Crippen LogP contribution in [0, 0.1) is 0 Å². The lowest BCUT2D eigenvalue weighted by Crippen LogP contribution is -2.37. The fraction of sp³-hybridized carbons (Fsp3) is 0.526. The Kier molecular flexibility index (Phi) is 5.47. The molecule has 0 spiro atoms. The molecule has 0 radical (unpaired) electrons. The van der Waals surface area contributed by atoms with Gasteiger partial charge in [-0.3, -0.25) is 4.98 Å². The standard InChI is InChI=1S/C19H26N2O2/c1-2-15-14-19(17-6-3-4-7-18(17)20-15)21-10-8-16(9-11-21)23-13-5-12-22/h3-4,6-7,14,16,22H,2,5,8-13H2,1H3. The van der Waals surface area contributed by atoms with Crippen LogP contribution in [0.5, 0.6) is 0 Å². The van der Waals surface area contributed by atoms with Crippen molar-refractivity contribution in [2.45, 2.75) is 38.7 Å². The van der Waals surface area contributed by atoms with Crippen LogP contribution in [-0.2, 0) is 11.2 Å². The minimum Gasteiger partial charge on any atom is -0.396 e. The lowest BCUT2D eigenvalue weighted by Gasteiger charge is -2.34. The summed E-state index contributed by atoms with van der Waals surface area (Å²) in [6.07, 6.45) is 4.11. The third-order valence-corrected chi connectivity index (χ3v) is 4.55. The van der Waals surface area contributed by atoms with Crippen molar-refractivity contribution in [2.24, 2.45) is 0 Å². The molecular weight excluding hydrogens is 288 g/mol. The van der Waals surface area contributed by atoms with Gasteiger partial charge in [0.05, 0.1) is 11.6 Å². The largest absolute Gasteiger partial charge is 0.396 e. The molecule has 124 valence electrons. The Bertz CT molecular complexity index is 636. The minimum atomic E-state index is 0.210. The molecule has 1 aromatic heterocycles. The van der Waals surface area contributed by atoms with Gasteiger partial charge in [0.2, 0.25) is 0 Å². The molecule has 1 aliphatic heterocycles. The van der Waals surface area contributed by atoms with E-state index in [1.54, 1.807) is 0 Å². The summed E-state index contributed by atoms with van der Waals surface area (Å²) in [7, 11) is 0. The Labute approximate surface area is 138 Å². The van der Waals surface area contributed by atoms with Gasteiger partial charge in [-0.05, 0) is 37.8 Å². The van der Waals surface area contributed by atoms with Crippen LogP contribution in [-0.4, -0.2) is 42.5 Å². The van der Waals surface area contributed by atoms with Crippen molar-refractivity contribution in [3.8, 4) is 0 Å². The third-order valence-electron chi connectivity index (χ3n) is 4.55. The first kappa shape index (κ1) is 16.2. The molecule has 0 unspecified atom stereocenters. The van der Waals surface area contributed by atoms with Gasteiger partial charge in [0.25, 0.3) is 0 Å². The fourth-order valence-corrected chi connectivity index (χ4v) is 3.23. The Morgan fingerprint density at radius 1 is 1.26 bits per heavy atom. The highest BCUT2D eigenvalue weighted by molar-refractivity contribution is 5.92. The molecule has 1 N–H and O–H groups in total. The molecule has 1 saturated heterocycles. The molecule has 23 heavy (non-hydrogen) atoms. The molecule has 4 heteroatoms. The van der Waals surface area contributed by atoms with Gasteiger partial charge in [-0.2, -0.15) is 0 Å². The number of hydrogen-bond acceptors (Lipinski definition) is 4. The van der Waals surface area contributed by atoms with E-state index in [-0.39, 0.29) is 6.61 Å². The second-order valence-electron chi connectivity index (χ2n) is 6.14. The summed E-state index contributed by atoms with van der Waals surface area (Å²) in [5.74, 6) is 0. The first-order chi connectivity index (χ1) is 11.3. The molecule has 1 fully saturated rings. The predicted molar refractivity (Wildman–Crippen MR) is 94.0 cm³/mol. The lowest BCUT2D eigenvalue weighted by atomic mass is 10.0. The molecule has 0 saturated carbocycles. The van der Waals surface area contributed by atoms with Crippen molar-refractivity contribution in [2.75, 3.05) is 31.2 Å². The summed E-state index contributed by atoms with van der Waals surface area (Å²) in [6.45, 7) is 5.06. The molecule has 1 aliphatic rings. The molecule has 0 amide bonds. The minimum absolute atomic E-state index is 0.210. The normalized spacial score (nSPS) is 16.2. The molecule has 0 bridgehead atoms. The monoisotopic (exact) mass is 314 g/mol. The molecule has 4 nitrogen and oxygen atoms in total. The summed E-state index contributed by atoms with van der Waals surface area (Å²) in [6, 6.07) is 10.7. The van der Waals surface area contributed by atoms with E-state index in [0.717, 1.165) is 50.0 Å². The Hall–Kier alpha value is -1.65. The number of piperidine rings is 1. The Morgan fingerprint density at radius 2 is 2.04 bits per heavy atom. The number of aryl methyl sites for hydroxylation is 1. The zero-order valence-corrected chi connectivity index (χ0v) is 13.9. The first-order valence-electron chi connectivity index (χ1n) is 8.68. The number of fused-ring (bicyclic) bond motifs is 1. The number of pyridine rings is 1. The van der Waals surface area contributed by atoms with Crippen LogP contribution in [0.1, 0.15) is 31.9 Å². The number of aliphatic hydroxyl groups excluding tert-OH is 1. The van der Waals surface area contributed by atoms with Crippen molar-refractivity contribution in [1.82, 2.24) is 4.98 Å². The molecular formula is C19H26N2O2. The van der Waals surface area contributed by atoms with Gasteiger partial charge in [0, 0.05) is 43.1 Å². The number of hydrogen-bond donors (Lipinski definition) is 1. The highest BCUT2D eigenvalue weighted by Crippen LogP contribution is 2.29. The Balaban J connectivity index is 1.74. The van der Waals surface area contributed by atoms with Gasteiger partial charge < -0.3 is 14.7 Å². The third kappa shape index (κ3) is 3.82. The highest BCUT2D eigenvalue weighted by Gasteiger charge is 2.21. The summed E-state index contributed by atoms with van der Waals surface area (Å²) < 4.78 is 5.84. The van der Waals surface area contributed by atoms with Gasteiger partial charge >= 0.3 is 0 Å². The van der Waals surface area contributed by atoms with Crippen LogP contribution in [0.15, 0.2) is 30.3 Å². The SMILES string of the molecule is CCc1cc(N2CCC(OCCCO)CC2)c2ccccc2n1. The highest BCUT2D eigenvalue weighted by atomic mass is 16.5. The van der Waals surface area contributed by atoms with Gasteiger partial charge in [-0.25, -0.2) is 0 Å². The molecule has 0 atom stereocenters. The van der Waals surface area contributed by atoms with E-state index < -0.39 is 0 Å². The Morgan fingerprint density at radius 3 is 2.78 bits per heavy atom. The van der Waals surface area contributed by atoms with Crippen LogP contribution < -0.4 is 4.90 Å². The van der Waals surface area contributed by atoms with Crippen molar-refractivity contribution >= 4 is 16.6 Å². The summed E-state index contributed by atoms with van der Waals surface area (Å²) in [4.78, 5) is 7.21. The van der Waals surface area contributed by atoms with Crippen molar-refractivity contribution in [1.29, 1.82) is 0 Å². The zero-order chi connectivity index (χ0) is 16.1. The number of para-hydroxylation sites is 1. The second kappa shape index (κ2) is 7.75. The van der Waals surface area contributed by atoms with E-state index in [4.69, 9.17) is 14.8 Å². The van der Waals surface area contributed by atoms with E-state index in [0.29, 0.717) is 12.7 Å². The van der Waals surface area contributed by atoms with Crippen molar-refractivity contribution in [3.05, 3.63) is 36.0 Å². The van der Waals surface area contributed by atoms with Crippen LogP contribution in [0.2, 0.25) is 0 Å². The number of ether oxygens (including phenoxy) is 1. The maximum Gasteiger partial charge on any atom is 0.0726 e. The van der Waals surface area contributed by atoms with Gasteiger partial charge in [0.1, 0.15) is 0 Å². The van der Waals surface area contributed by atoms with Crippen LogP contribution in [0.4, 0.5) is 5.69 Å². The topological polar surface area (TPSA) is 45.6 Å². The first-order valence-corrected chi connectivity index (χ1v) is 8.68. The number of anilines is 1. The van der Waals surface area contributed by atoms with Crippen LogP contribution in [0.25, 0.3) is 10.9 Å². The van der Waals surface area contributed by atoms with E-state index in [1.807, 2.05) is 0 Å². The van der Waals surface area contributed by atoms with E-state index >= 15 is 0 Å². The quantitative estimate of drug-likeness (QED) is 0.832. The maximum absolute atomic E-state index is 8.84. The average Bonchev–Trinajstić information content (AvgIpc) is 2.61. The maximum atomic E-state index is 8.84. The average molecular weight is 314 g/mol. The second-order valence-corrected chi connectivity index (χ2v) is 6.14. The molecule has 3 rings (SSSR count). The van der Waals surface area contributed by atoms with Crippen LogP contribution >= 0.6 is 0 Å². The summed E-state index contributed by atoms with van der Waals surface area (Å²) in [5.41, 5.74) is 3.55. The molecule has 2 heterocycles. The van der Waals surface area contributed by atoms with Crippen molar-refractivity contribution < 1.29 is 9.84 Å². The van der Waals surface area contributed by atoms with E-state index in [9.17, 15) is 0 Å². The zero-order valence-electron chi connectivity index (χ0n) is 13.9. The summed E-state index contributed by atoms with van der Waals surface area (Å²) >= 11 is 0. The molecule has 1 aromatic carbocycles.